The molecule has 0 unspecified atom stereocenters. The number of carbonyl (C=O) groups excluding carboxylic acids is 1. The van der Waals surface area contributed by atoms with E-state index in [2.05, 4.69) is 35.9 Å². The fourth-order valence-corrected chi connectivity index (χ4v) is 4.38. The van der Waals surface area contributed by atoms with Gasteiger partial charge in [-0.1, -0.05) is 17.4 Å². The third-order valence-electron chi connectivity index (χ3n) is 5.05. The third-order valence-corrected chi connectivity index (χ3v) is 6.05. The summed E-state index contributed by atoms with van der Waals surface area (Å²) in [4.78, 5) is 50.9. The van der Waals surface area contributed by atoms with Crippen LogP contribution in [-0.2, 0) is 9.59 Å². The molecule has 0 bridgehead atoms. The third kappa shape index (κ3) is 6.41. The molecule has 5 N–H and O–H groups in total. The summed E-state index contributed by atoms with van der Waals surface area (Å²) in [5, 5.41) is 25.9. The molecule has 4 aromatic rings. The summed E-state index contributed by atoms with van der Waals surface area (Å²) >= 11 is 1.10. The number of pyridine rings is 1. The van der Waals surface area contributed by atoms with Crippen molar-refractivity contribution in [3.05, 3.63) is 48.7 Å². The molecular weight excluding hydrogens is 512 g/mol. The van der Waals surface area contributed by atoms with Crippen molar-refractivity contribution >= 4 is 69.5 Å². The Morgan fingerprint density at radius 3 is 2.45 bits per heavy atom. The SMILES string of the molecule is CCNC(=O)Nc1nc2c(F)c(-c3cnc(N[C@@H](CC(=O)O)C(=O)O)nc3)cc(-c3ccccn3)c2s1.[Li]. The molecule has 3 heterocycles. The van der Waals surface area contributed by atoms with Crippen molar-refractivity contribution in [1.29, 1.82) is 0 Å². The summed E-state index contributed by atoms with van der Waals surface area (Å²) in [6.45, 7) is 2.17. The summed E-state index contributed by atoms with van der Waals surface area (Å²) in [6.07, 6.45) is 3.47. The standard InChI is InChI=1S/C23H20FN7O5S.Li/c1-2-25-22(36)31-23-30-18-17(24)12(7-13(19(18)37-23)14-5-3-4-6-26-14)11-9-27-21(28-10-11)29-15(20(34)35)8-16(32)33;/h3-7,9-10,15H,2,8H2,1H3,(H,32,33)(H,34,35)(H,27,28,29)(H2,25,30,31,36);/t15-;/m0./s1. The molecule has 0 aliphatic heterocycles. The van der Waals surface area contributed by atoms with Crippen molar-refractivity contribution in [1.82, 2.24) is 25.3 Å². The average molecular weight is 532 g/mol. The van der Waals surface area contributed by atoms with Crippen molar-refractivity contribution in [2.75, 3.05) is 17.2 Å². The maximum Gasteiger partial charge on any atom is 0.326 e. The summed E-state index contributed by atoms with van der Waals surface area (Å²) in [7, 11) is 0. The van der Waals surface area contributed by atoms with Crippen LogP contribution in [0.5, 0.6) is 0 Å². The molecule has 0 aliphatic carbocycles. The van der Waals surface area contributed by atoms with Crippen LogP contribution in [0.1, 0.15) is 13.3 Å². The van der Waals surface area contributed by atoms with Crippen LogP contribution >= 0.6 is 11.3 Å². The Kier molecular flexibility index (Phi) is 9.29. The number of nitrogens with one attached hydrogen (secondary N) is 3. The molecule has 0 spiro atoms. The Hall–Kier alpha value is -4.12. The van der Waals surface area contributed by atoms with E-state index in [0.717, 1.165) is 11.3 Å². The summed E-state index contributed by atoms with van der Waals surface area (Å²) < 4.78 is 16.2. The molecule has 4 rings (SSSR count). The second-order valence-corrected chi connectivity index (χ2v) is 8.61. The Morgan fingerprint density at radius 1 is 1.11 bits per heavy atom. The number of aromatic nitrogens is 4. The Labute approximate surface area is 230 Å². The van der Waals surface area contributed by atoms with Crippen LogP contribution in [0.2, 0.25) is 0 Å². The molecule has 0 saturated heterocycles. The number of hydrogen-bond acceptors (Lipinski definition) is 9. The number of thiazole rings is 1. The van der Waals surface area contributed by atoms with Gasteiger partial charge in [0.2, 0.25) is 5.95 Å². The van der Waals surface area contributed by atoms with Gasteiger partial charge in [0.15, 0.2) is 10.9 Å². The average Bonchev–Trinajstić information content (AvgIpc) is 3.29. The van der Waals surface area contributed by atoms with E-state index in [1.54, 1.807) is 37.4 Å². The van der Waals surface area contributed by atoms with Crippen molar-refractivity contribution in [3.8, 4) is 22.4 Å². The van der Waals surface area contributed by atoms with Gasteiger partial charge < -0.3 is 20.8 Å². The second-order valence-electron chi connectivity index (χ2n) is 7.61. The van der Waals surface area contributed by atoms with Crippen LogP contribution in [0.25, 0.3) is 32.6 Å². The number of rotatable bonds is 9. The van der Waals surface area contributed by atoms with Crippen molar-refractivity contribution in [3.63, 3.8) is 0 Å². The fraction of sp³-hybridized carbons (Fsp3) is 0.174. The molecule has 0 aliphatic rings. The Morgan fingerprint density at radius 2 is 1.84 bits per heavy atom. The molecule has 3 aromatic heterocycles. The normalized spacial score (nSPS) is 11.3. The van der Waals surface area contributed by atoms with E-state index in [9.17, 15) is 19.5 Å². The van der Waals surface area contributed by atoms with Gasteiger partial charge in [0.1, 0.15) is 11.6 Å². The van der Waals surface area contributed by atoms with E-state index in [0.29, 0.717) is 22.5 Å². The number of urea groups is 1. The number of amides is 2. The summed E-state index contributed by atoms with van der Waals surface area (Å²) in [5.74, 6) is -3.50. The molecule has 12 nitrogen and oxygen atoms in total. The van der Waals surface area contributed by atoms with E-state index in [-0.39, 0.29) is 46.6 Å². The first-order valence-corrected chi connectivity index (χ1v) is 11.7. The van der Waals surface area contributed by atoms with Gasteiger partial charge in [-0.2, -0.15) is 0 Å². The van der Waals surface area contributed by atoms with Gasteiger partial charge in [0.25, 0.3) is 0 Å². The molecule has 1 aromatic carbocycles. The topological polar surface area (TPSA) is 179 Å². The zero-order valence-corrected chi connectivity index (χ0v) is 21.0. The van der Waals surface area contributed by atoms with Crippen molar-refractivity contribution in [2.24, 2.45) is 0 Å². The number of fused-ring (bicyclic) bond motifs is 1. The van der Waals surface area contributed by atoms with E-state index < -0.39 is 36.2 Å². The molecule has 1 atom stereocenters. The van der Waals surface area contributed by atoms with E-state index >= 15 is 4.39 Å². The van der Waals surface area contributed by atoms with Crippen LogP contribution < -0.4 is 16.0 Å². The Bertz CT molecular complexity index is 1470. The van der Waals surface area contributed by atoms with Gasteiger partial charge in [0.05, 0.1) is 16.8 Å². The summed E-state index contributed by atoms with van der Waals surface area (Å²) in [6, 6.07) is 4.94. The molecule has 15 heteroatoms. The quantitative estimate of drug-likeness (QED) is 0.201. The molecule has 191 valence electrons. The monoisotopic (exact) mass is 532 g/mol. The molecule has 38 heavy (non-hydrogen) atoms. The Balaban J connectivity index is 0.00000400. The number of carbonyl (C=O) groups is 3. The first kappa shape index (κ1) is 28.4. The first-order chi connectivity index (χ1) is 17.8. The molecular formula is C23H20FLiN7O5S. The zero-order valence-electron chi connectivity index (χ0n) is 20.2. The number of nitrogens with zero attached hydrogens (tertiary/aromatic N) is 4. The van der Waals surface area contributed by atoms with Gasteiger partial charge in [0, 0.05) is 60.7 Å². The van der Waals surface area contributed by atoms with Crippen molar-refractivity contribution < 1.29 is 29.0 Å². The minimum atomic E-state index is -1.45. The van der Waals surface area contributed by atoms with Crippen LogP contribution in [0.3, 0.4) is 0 Å². The zero-order chi connectivity index (χ0) is 26.5. The fourth-order valence-electron chi connectivity index (χ4n) is 3.40. The number of carboxylic acids is 2. The van der Waals surface area contributed by atoms with Crippen molar-refractivity contribution in [2.45, 2.75) is 19.4 Å². The number of benzene rings is 1. The van der Waals surface area contributed by atoms with Crippen LogP contribution in [0.4, 0.5) is 20.3 Å². The van der Waals surface area contributed by atoms with Crippen LogP contribution in [0, 0.1) is 5.82 Å². The minimum absolute atomic E-state index is 0. The summed E-state index contributed by atoms with van der Waals surface area (Å²) in [5.41, 5.74) is 1.51. The predicted molar refractivity (Wildman–Crippen MR) is 140 cm³/mol. The molecule has 0 saturated carbocycles. The van der Waals surface area contributed by atoms with Gasteiger partial charge in [-0.15, -0.1) is 0 Å². The van der Waals surface area contributed by atoms with E-state index in [1.165, 1.54) is 12.4 Å². The molecule has 1 radical (unpaired) electrons. The number of aliphatic carboxylic acids is 2. The molecule has 2 amide bonds. The first-order valence-electron chi connectivity index (χ1n) is 10.9. The number of carboxylic acid groups (broad SMARTS) is 2. The minimum Gasteiger partial charge on any atom is -0.481 e. The van der Waals surface area contributed by atoms with Gasteiger partial charge >= 0.3 is 18.0 Å². The van der Waals surface area contributed by atoms with Gasteiger partial charge in [-0.05, 0) is 25.1 Å². The maximum absolute atomic E-state index is 15.7. The van der Waals surface area contributed by atoms with Gasteiger partial charge in [-0.25, -0.2) is 28.9 Å². The van der Waals surface area contributed by atoms with Crippen LogP contribution in [0.15, 0.2) is 42.9 Å². The second kappa shape index (κ2) is 12.4. The number of halogens is 1. The van der Waals surface area contributed by atoms with E-state index in [4.69, 9.17) is 5.11 Å². The maximum atomic E-state index is 15.7. The predicted octanol–water partition coefficient (Wildman–Crippen LogP) is 3.05. The molecule has 0 fully saturated rings. The number of hydrogen-bond donors (Lipinski definition) is 5. The van der Waals surface area contributed by atoms with Crippen LogP contribution in [-0.4, -0.2) is 79.6 Å². The smallest absolute Gasteiger partial charge is 0.326 e. The van der Waals surface area contributed by atoms with Gasteiger partial charge in [-0.3, -0.25) is 15.1 Å². The largest absolute Gasteiger partial charge is 0.481 e. The van der Waals surface area contributed by atoms with E-state index in [1.807, 2.05) is 0 Å². The number of anilines is 2.